The fourth-order valence-electron chi connectivity index (χ4n) is 5.41. The molecule has 3 saturated heterocycles. The lowest BCUT2D eigenvalue weighted by atomic mass is 10.1. The van der Waals surface area contributed by atoms with Crippen molar-refractivity contribution in [2.24, 2.45) is 5.50 Å². The van der Waals surface area contributed by atoms with Gasteiger partial charge in [-0.3, -0.25) is 32.0 Å². The van der Waals surface area contributed by atoms with Crippen LogP contribution in [0.4, 0.5) is 5.82 Å². The number of nitrogens with one attached hydrogen (secondary N) is 1. The third-order valence-electron chi connectivity index (χ3n) is 7.45. The van der Waals surface area contributed by atoms with Crippen molar-refractivity contribution in [1.29, 1.82) is 0 Å². The minimum Gasteiger partial charge on any atom is -0.387 e. The summed E-state index contributed by atoms with van der Waals surface area (Å²) in [6, 6.07) is 0. The molecule has 3 fully saturated rings. The molecule has 7 heterocycles. The Morgan fingerprint density at radius 2 is 1.60 bits per heavy atom. The predicted octanol–water partition coefficient (Wildman–Crippen LogP) is -1.65. The van der Waals surface area contributed by atoms with E-state index in [1.165, 1.54) is 35.0 Å². The quantitative estimate of drug-likeness (QED) is 0.130. The van der Waals surface area contributed by atoms with E-state index >= 15 is 0 Å². The van der Waals surface area contributed by atoms with Crippen LogP contribution in [0.2, 0.25) is 0 Å². The second kappa shape index (κ2) is 10.9. The first kappa shape index (κ1) is 30.4. The summed E-state index contributed by atoms with van der Waals surface area (Å²) in [4.78, 5) is 45.9. The number of aromatic amines is 1. The molecular weight excluding hydrogens is 646 g/mol. The van der Waals surface area contributed by atoms with Crippen LogP contribution >= 0.6 is 15.6 Å². The third-order valence-corrected chi connectivity index (χ3v) is 9.48. The standard InChI is InChI=1S/C21H26N10O12P2/c1-7-28-18-11(19(34)29-7)27-6-31(18)21-15-12(32)8(40-21)2-39-45(36,37)43-14-9(3-38-44(23,35)42-15)41-20(13(14)33)30-5-26-10-16(22)24-4-25-17(10)30/h4-6,8-9,12-15,20-21,32-33H,2-3H2,1H3,(H2,23,35)(H,36,37)(H2,22,24,25)(H,28,29,34)/t8-,9-,12?,13?,14+,15+,20-,21-,44?/m1/s1. The molecular formula is C21H26N10O12P2. The number of nitrogens with zero attached hydrogens (tertiary/aromatic N) is 7. The summed E-state index contributed by atoms with van der Waals surface area (Å²) in [5, 5.41) is 22.2. The molecule has 4 unspecified atom stereocenters. The monoisotopic (exact) mass is 672 g/mol. The zero-order valence-electron chi connectivity index (χ0n) is 23.0. The first-order chi connectivity index (χ1) is 21.3. The number of nitrogen functional groups attached to an aromatic ring is 1. The number of aromatic nitrogens is 8. The van der Waals surface area contributed by atoms with Gasteiger partial charge in [0, 0.05) is 0 Å². The molecule has 242 valence electrons. The molecule has 10 atom stereocenters. The van der Waals surface area contributed by atoms with Gasteiger partial charge >= 0.3 is 15.6 Å². The fraction of sp³-hybridized carbons (Fsp3) is 0.524. The highest BCUT2D eigenvalue weighted by Crippen LogP contribution is 2.52. The van der Waals surface area contributed by atoms with E-state index in [4.69, 9.17) is 38.8 Å². The van der Waals surface area contributed by atoms with Gasteiger partial charge in [0.05, 0.1) is 25.9 Å². The molecule has 4 aromatic rings. The number of anilines is 1. The second-order valence-electron chi connectivity index (χ2n) is 10.4. The topological polar surface area (TPSA) is 309 Å². The molecule has 0 amide bonds. The van der Waals surface area contributed by atoms with Crippen LogP contribution in [-0.2, 0) is 36.7 Å². The van der Waals surface area contributed by atoms with Crippen molar-refractivity contribution in [3.8, 4) is 0 Å². The summed E-state index contributed by atoms with van der Waals surface area (Å²) >= 11 is 0. The lowest BCUT2D eigenvalue weighted by Gasteiger charge is -2.26. The van der Waals surface area contributed by atoms with Crippen LogP contribution in [0.1, 0.15) is 18.3 Å². The van der Waals surface area contributed by atoms with Crippen molar-refractivity contribution >= 4 is 43.7 Å². The van der Waals surface area contributed by atoms with Crippen LogP contribution < -0.4 is 16.8 Å². The van der Waals surface area contributed by atoms with Crippen molar-refractivity contribution in [2.75, 3.05) is 18.9 Å². The highest BCUT2D eigenvalue weighted by Gasteiger charge is 2.53. The summed E-state index contributed by atoms with van der Waals surface area (Å²) < 4.78 is 62.3. The number of H-pyrrole nitrogens is 1. The van der Waals surface area contributed by atoms with E-state index in [2.05, 4.69) is 29.9 Å². The number of phosphoric acid groups is 1. The van der Waals surface area contributed by atoms with E-state index in [-0.39, 0.29) is 34.0 Å². The maximum Gasteiger partial charge on any atom is 0.472 e. The van der Waals surface area contributed by atoms with Crippen LogP contribution in [0.15, 0.2) is 23.8 Å². The SMILES string of the molecule is Cc1nc2c(ncn2[C@@H]2O[C@@H]3COP(=O)(O)O[C@@H]4C(O)[C@H](n5cnc6c(N)ncnc65)O[C@@H]4COP(N)(=O)O[C@H]2C3O)c(=O)[nH]1. The minimum absolute atomic E-state index is 0.0370. The molecule has 22 nitrogen and oxygen atoms in total. The fourth-order valence-corrected chi connectivity index (χ4v) is 7.36. The van der Waals surface area contributed by atoms with Gasteiger partial charge in [-0.25, -0.2) is 39.6 Å². The number of fused-ring (bicyclic) bond motifs is 5. The average molecular weight is 672 g/mol. The van der Waals surface area contributed by atoms with Crippen LogP contribution in [0.25, 0.3) is 22.3 Å². The minimum atomic E-state index is -5.02. The van der Waals surface area contributed by atoms with Gasteiger partial charge in [0.1, 0.15) is 54.3 Å². The molecule has 0 aromatic carbocycles. The van der Waals surface area contributed by atoms with Gasteiger partial charge in [0.25, 0.3) is 5.56 Å². The molecule has 2 bridgehead atoms. The van der Waals surface area contributed by atoms with Crippen LogP contribution in [0, 0.1) is 6.92 Å². The summed E-state index contributed by atoms with van der Waals surface area (Å²) in [6.07, 6.45) is -8.30. The van der Waals surface area contributed by atoms with Gasteiger partial charge in [-0.2, -0.15) is 0 Å². The number of aliphatic hydroxyl groups is 2. The number of hydrogen-bond acceptors (Lipinski definition) is 17. The summed E-state index contributed by atoms with van der Waals surface area (Å²) in [7, 11) is -9.61. The Hall–Kier alpha value is -3.24. The highest BCUT2D eigenvalue weighted by molar-refractivity contribution is 7.51. The lowest BCUT2D eigenvalue weighted by Crippen LogP contribution is -2.36. The Labute approximate surface area is 250 Å². The van der Waals surface area contributed by atoms with Gasteiger partial charge in [0.2, 0.25) is 0 Å². The number of aryl methyl sites for hydroxylation is 1. The van der Waals surface area contributed by atoms with Crippen molar-refractivity contribution in [2.45, 2.75) is 56.0 Å². The van der Waals surface area contributed by atoms with Crippen molar-refractivity contribution in [3.05, 3.63) is 35.2 Å². The molecule has 0 aliphatic carbocycles. The molecule has 4 aromatic heterocycles. The van der Waals surface area contributed by atoms with E-state index in [1.807, 2.05) is 0 Å². The van der Waals surface area contributed by atoms with Gasteiger partial charge < -0.3 is 35.3 Å². The molecule has 45 heavy (non-hydrogen) atoms. The number of rotatable bonds is 2. The van der Waals surface area contributed by atoms with Crippen molar-refractivity contribution in [1.82, 2.24) is 39.0 Å². The Morgan fingerprint density at radius 3 is 2.38 bits per heavy atom. The molecule has 8 N–H and O–H groups in total. The lowest BCUT2D eigenvalue weighted by molar-refractivity contribution is -0.0631. The van der Waals surface area contributed by atoms with Gasteiger partial charge in [-0.1, -0.05) is 0 Å². The molecule has 3 aliphatic heterocycles. The van der Waals surface area contributed by atoms with Gasteiger partial charge in [-0.15, -0.1) is 0 Å². The predicted molar refractivity (Wildman–Crippen MR) is 146 cm³/mol. The molecule has 0 saturated carbocycles. The summed E-state index contributed by atoms with van der Waals surface area (Å²) in [5.41, 5.74) is 11.6. The maximum atomic E-state index is 13.4. The number of imidazole rings is 2. The Bertz CT molecular complexity index is 1940. The smallest absolute Gasteiger partial charge is 0.387 e. The molecule has 7 rings (SSSR count). The van der Waals surface area contributed by atoms with Gasteiger partial charge in [-0.05, 0) is 6.92 Å². The Kier molecular flexibility index (Phi) is 7.39. The zero-order chi connectivity index (χ0) is 31.8. The first-order valence-corrected chi connectivity index (χ1v) is 16.3. The van der Waals surface area contributed by atoms with Crippen LogP contribution in [0.5, 0.6) is 0 Å². The molecule has 0 radical (unpaired) electrons. The van der Waals surface area contributed by atoms with E-state index in [9.17, 15) is 29.0 Å². The average Bonchev–Trinajstić information content (AvgIpc) is 3.72. The van der Waals surface area contributed by atoms with E-state index in [0.29, 0.717) is 0 Å². The Balaban J connectivity index is 1.21. The van der Waals surface area contributed by atoms with E-state index in [1.54, 1.807) is 0 Å². The number of nitrogens with two attached hydrogens (primary N) is 2. The molecule has 24 heteroatoms. The van der Waals surface area contributed by atoms with Gasteiger partial charge in [0.15, 0.2) is 35.1 Å². The molecule has 3 aliphatic rings. The van der Waals surface area contributed by atoms with Crippen LogP contribution in [0.3, 0.4) is 0 Å². The van der Waals surface area contributed by atoms with Crippen LogP contribution in [-0.4, -0.2) is 104 Å². The normalized spacial score (nSPS) is 37.7. The number of hydrogen-bond donors (Lipinski definition) is 6. The largest absolute Gasteiger partial charge is 0.472 e. The number of phosphoric ester groups is 1. The van der Waals surface area contributed by atoms with E-state index < -0.39 is 83.4 Å². The second-order valence-corrected chi connectivity index (χ2v) is 13.4. The summed E-state index contributed by atoms with van der Waals surface area (Å²) in [6.45, 7) is 0.0864. The Morgan fingerprint density at radius 1 is 0.911 bits per heavy atom. The number of aliphatic hydroxyl groups excluding tert-OH is 2. The van der Waals surface area contributed by atoms with Crippen molar-refractivity contribution in [3.63, 3.8) is 0 Å². The maximum absolute atomic E-state index is 13.4. The summed E-state index contributed by atoms with van der Waals surface area (Å²) in [5.74, 6) is 0.298. The first-order valence-electron chi connectivity index (χ1n) is 13.2. The highest BCUT2D eigenvalue weighted by atomic mass is 31.2. The third kappa shape index (κ3) is 5.37. The zero-order valence-corrected chi connectivity index (χ0v) is 24.7. The molecule has 0 spiro atoms. The van der Waals surface area contributed by atoms with Crippen molar-refractivity contribution < 1.29 is 51.8 Å². The number of ether oxygens (including phenoxy) is 2. The van der Waals surface area contributed by atoms with E-state index in [0.717, 1.165) is 0 Å².